The number of nitrogens with one attached hydrogen (secondary N) is 1. The Labute approximate surface area is 139 Å². The van der Waals surface area contributed by atoms with E-state index >= 15 is 0 Å². The number of hydrogen-bond acceptors (Lipinski definition) is 2. The van der Waals surface area contributed by atoms with Gasteiger partial charge in [0, 0.05) is 25.0 Å². The minimum atomic E-state index is -0.00911. The van der Waals surface area contributed by atoms with E-state index in [-0.39, 0.29) is 11.9 Å². The Morgan fingerprint density at radius 3 is 2.26 bits per heavy atom. The van der Waals surface area contributed by atoms with Gasteiger partial charge in [-0.2, -0.15) is 0 Å². The summed E-state index contributed by atoms with van der Waals surface area (Å²) in [6.07, 6.45) is 0. The van der Waals surface area contributed by atoms with E-state index in [1.54, 1.807) is 0 Å². The molecule has 0 radical (unpaired) electrons. The van der Waals surface area contributed by atoms with Gasteiger partial charge in [-0.15, -0.1) is 0 Å². The van der Waals surface area contributed by atoms with Gasteiger partial charge in [0.2, 0.25) is 0 Å². The Morgan fingerprint density at radius 1 is 1.17 bits per heavy atom. The lowest BCUT2D eigenvalue weighted by atomic mass is 10.0. The summed E-state index contributed by atoms with van der Waals surface area (Å²) in [4.78, 5) is 14.6. The van der Waals surface area contributed by atoms with E-state index in [0.29, 0.717) is 6.54 Å². The number of carbonyl (C=O) groups is 1. The van der Waals surface area contributed by atoms with Crippen molar-refractivity contribution in [1.82, 2.24) is 14.8 Å². The third kappa shape index (κ3) is 3.82. The minimum Gasteiger partial charge on any atom is -0.351 e. The Kier molecular flexibility index (Phi) is 5.26. The lowest BCUT2D eigenvalue weighted by Crippen LogP contribution is -2.34. The monoisotopic (exact) mass is 313 g/mol. The fourth-order valence-corrected chi connectivity index (χ4v) is 2.76. The second-order valence-corrected chi connectivity index (χ2v) is 6.44. The van der Waals surface area contributed by atoms with Crippen molar-refractivity contribution >= 4 is 5.91 Å². The minimum absolute atomic E-state index is 0.00911. The fraction of sp³-hybridized carbons (Fsp3) is 0.421. The number of amides is 1. The van der Waals surface area contributed by atoms with Crippen LogP contribution in [0, 0.1) is 20.8 Å². The number of rotatable bonds is 5. The number of aromatic nitrogens is 1. The van der Waals surface area contributed by atoms with Crippen molar-refractivity contribution in [2.24, 2.45) is 7.05 Å². The number of carbonyl (C=O) groups excluding carboxylic acids is 1. The highest BCUT2D eigenvalue weighted by Crippen LogP contribution is 2.19. The molecule has 23 heavy (non-hydrogen) atoms. The second-order valence-electron chi connectivity index (χ2n) is 6.44. The highest BCUT2D eigenvalue weighted by Gasteiger charge is 2.18. The maximum absolute atomic E-state index is 12.5. The predicted octanol–water partition coefficient (Wildman–Crippen LogP) is 2.98. The molecule has 0 unspecified atom stereocenters. The standard InChI is InChI=1S/C19H27N3O/c1-13-7-9-16(10-8-13)18(21(4)5)12-20-19(23)17-11-14(2)22(6)15(17)3/h7-11,18H,12H2,1-6H3,(H,20,23)/t18-/m1/s1. The predicted molar refractivity (Wildman–Crippen MR) is 94.8 cm³/mol. The van der Waals surface area contributed by atoms with Crippen molar-refractivity contribution in [3.05, 3.63) is 58.4 Å². The smallest absolute Gasteiger partial charge is 0.253 e. The summed E-state index contributed by atoms with van der Waals surface area (Å²) in [6, 6.07) is 10.6. The molecule has 1 heterocycles. The summed E-state index contributed by atoms with van der Waals surface area (Å²) in [5.41, 5.74) is 5.30. The summed E-state index contributed by atoms with van der Waals surface area (Å²) in [7, 11) is 6.06. The lowest BCUT2D eigenvalue weighted by molar-refractivity contribution is 0.0941. The number of likely N-dealkylation sites (N-methyl/N-ethyl adjacent to an activating group) is 1. The molecule has 1 aromatic heterocycles. The van der Waals surface area contributed by atoms with Gasteiger partial charge in [-0.25, -0.2) is 0 Å². The SMILES string of the molecule is Cc1ccc([C@@H](CNC(=O)c2cc(C)n(C)c2C)N(C)C)cc1. The Bertz CT molecular complexity index is 683. The fourth-order valence-electron chi connectivity index (χ4n) is 2.76. The van der Waals surface area contributed by atoms with Crippen molar-refractivity contribution in [1.29, 1.82) is 0 Å². The van der Waals surface area contributed by atoms with Crippen molar-refractivity contribution < 1.29 is 4.79 Å². The molecule has 1 aromatic carbocycles. The summed E-state index contributed by atoms with van der Waals surface area (Å²) >= 11 is 0. The van der Waals surface area contributed by atoms with Crippen molar-refractivity contribution in [2.45, 2.75) is 26.8 Å². The summed E-state index contributed by atoms with van der Waals surface area (Å²) < 4.78 is 2.04. The average molecular weight is 313 g/mol. The van der Waals surface area contributed by atoms with E-state index in [4.69, 9.17) is 0 Å². The molecule has 0 aliphatic rings. The maximum atomic E-state index is 12.5. The molecule has 1 amide bonds. The van der Waals surface area contributed by atoms with Crippen LogP contribution in [0.4, 0.5) is 0 Å². The van der Waals surface area contributed by atoms with Gasteiger partial charge in [0.05, 0.1) is 11.6 Å². The molecule has 2 aromatic rings. The highest BCUT2D eigenvalue weighted by molar-refractivity contribution is 5.95. The first kappa shape index (κ1) is 17.3. The van der Waals surface area contributed by atoms with E-state index in [1.807, 2.05) is 45.6 Å². The number of aryl methyl sites for hydroxylation is 2. The van der Waals surface area contributed by atoms with E-state index in [2.05, 4.69) is 41.4 Å². The van der Waals surface area contributed by atoms with Crippen LogP contribution in [0.3, 0.4) is 0 Å². The van der Waals surface area contributed by atoms with Crippen LogP contribution >= 0.6 is 0 Å². The molecule has 1 N–H and O–H groups in total. The number of hydrogen-bond donors (Lipinski definition) is 1. The molecule has 0 aliphatic heterocycles. The van der Waals surface area contributed by atoms with Crippen LogP contribution in [0.5, 0.6) is 0 Å². The van der Waals surface area contributed by atoms with E-state index in [1.165, 1.54) is 11.1 Å². The van der Waals surface area contributed by atoms with Gasteiger partial charge in [-0.3, -0.25) is 4.79 Å². The van der Waals surface area contributed by atoms with Gasteiger partial charge < -0.3 is 14.8 Å². The first-order valence-electron chi connectivity index (χ1n) is 7.95. The van der Waals surface area contributed by atoms with Gasteiger partial charge >= 0.3 is 0 Å². The van der Waals surface area contributed by atoms with Crippen LogP contribution in [-0.2, 0) is 7.05 Å². The van der Waals surface area contributed by atoms with E-state index < -0.39 is 0 Å². The number of benzene rings is 1. The molecule has 0 fully saturated rings. The second kappa shape index (κ2) is 7.01. The molecule has 4 nitrogen and oxygen atoms in total. The van der Waals surface area contributed by atoms with Gasteiger partial charge in [-0.1, -0.05) is 29.8 Å². The van der Waals surface area contributed by atoms with Crippen molar-refractivity contribution in [3.63, 3.8) is 0 Å². The topological polar surface area (TPSA) is 37.3 Å². The Morgan fingerprint density at radius 2 is 1.78 bits per heavy atom. The maximum Gasteiger partial charge on any atom is 0.253 e. The molecule has 2 rings (SSSR count). The Balaban J connectivity index is 2.11. The van der Waals surface area contributed by atoms with Crippen molar-refractivity contribution in [2.75, 3.05) is 20.6 Å². The molecule has 0 saturated carbocycles. The number of nitrogens with zero attached hydrogens (tertiary/aromatic N) is 2. The zero-order valence-corrected chi connectivity index (χ0v) is 15.0. The largest absolute Gasteiger partial charge is 0.351 e. The first-order valence-corrected chi connectivity index (χ1v) is 7.95. The molecular formula is C19H27N3O. The molecule has 0 spiro atoms. The lowest BCUT2D eigenvalue weighted by Gasteiger charge is -2.25. The summed E-state index contributed by atoms with van der Waals surface area (Å²) in [5, 5.41) is 3.08. The van der Waals surface area contributed by atoms with Crippen LogP contribution < -0.4 is 5.32 Å². The van der Waals surface area contributed by atoms with E-state index in [9.17, 15) is 4.79 Å². The van der Waals surface area contributed by atoms with Crippen molar-refractivity contribution in [3.8, 4) is 0 Å². The van der Waals surface area contributed by atoms with Crippen LogP contribution in [0.25, 0.3) is 0 Å². The first-order chi connectivity index (χ1) is 10.8. The van der Waals surface area contributed by atoms with Crippen LogP contribution in [0.1, 0.15) is 38.9 Å². The van der Waals surface area contributed by atoms with Crippen LogP contribution in [0.2, 0.25) is 0 Å². The highest BCUT2D eigenvalue weighted by atomic mass is 16.1. The molecule has 0 aliphatic carbocycles. The van der Waals surface area contributed by atoms with Gasteiger partial charge in [0.1, 0.15) is 0 Å². The van der Waals surface area contributed by atoms with Gasteiger partial charge in [-0.05, 0) is 46.5 Å². The zero-order chi connectivity index (χ0) is 17.1. The quantitative estimate of drug-likeness (QED) is 0.921. The molecular weight excluding hydrogens is 286 g/mol. The molecule has 124 valence electrons. The van der Waals surface area contributed by atoms with Gasteiger partial charge in [0.15, 0.2) is 0 Å². The Hall–Kier alpha value is -2.07. The average Bonchev–Trinajstić information content (AvgIpc) is 2.76. The van der Waals surface area contributed by atoms with Crippen LogP contribution in [-0.4, -0.2) is 36.0 Å². The molecule has 0 saturated heterocycles. The van der Waals surface area contributed by atoms with Crippen LogP contribution in [0.15, 0.2) is 30.3 Å². The normalized spacial score (nSPS) is 12.5. The third-order valence-corrected chi connectivity index (χ3v) is 4.56. The molecule has 0 bridgehead atoms. The summed E-state index contributed by atoms with van der Waals surface area (Å²) in [5.74, 6) is -0.00911. The van der Waals surface area contributed by atoms with E-state index in [0.717, 1.165) is 17.0 Å². The summed E-state index contributed by atoms with van der Waals surface area (Å²) in [6.45, 7) is 6.66. The third-order valence-electron chi connectivity index (χ3n) is 4.56. The van der Waals surface area contributed by atoms with Gasteiger partial charge in [0.25, 0.3) is 5.91 Å². The zero-order valence-electron chi connectivity index (χ0n) is 15.0. The molecule has 4 heteroatoms. The molecule has 1 atom stereocenters.